The lowest BCUT2D eigenvalue weighted by molar-refractivity contribution is -0.192. The summed E-state index contributed by atoms with van der Waals surface area (Å²) < 4.78 is 42.4. The van der Waals surface area contributed by atoms with Crippen molar-refractivity contribution in [2.45, 2.75) is 25.3 Å². The van der Waals surface area contributed by atoms with Crippen LogP contribution in [0.2, 0.25) is 0 Å². The molecular weight excluding hydrogens is 405 g/mol. The molecule has 0 aliphatic rings. The Labute approximate surface area is 170 Å². The van der Waals surface area contributed by atoms with Gasteiger partial charge in [-0.1, -0.05) is 48.5 Å². The van der Waals surface area contributed by atoms with Crippen LogP contribution in [0.4, 0.5) is 13.2 Å². The van der Waals surface area contributed by atoms with Crippen molar-refractivity contribution in [1.82, 2.24) is 0 Å². The molecule has 0 spiro atoms. The zero-order valence-electron chi connectivity index (χ0n) is 16.0. The second-order valence-corrected chi connectivity index (χ2v) is 5.91. The summed E-state index contributed by atoms with van der Waals surface area (Å²) in [6.45, 7) is 0.382. The van der Waals surface area contributed by atoms with Crippen LogP contribution < -0.4 is 5.73 Å². The molecule has 10 heteroatoms. The first-order chi connectivity index (χ1) is 14.0. The number of rotatable bonds is 7. The molecule has 0 amide bonds. The number of carboxylic acid groups (broad SMARTS) is 1. The van der Waals surface area contributed by atoms with E-state index in [1.165, 1.54) is 7.11 Å². The third-order valence-corrected chi connectivity index (χ3v) is 3.69. The molecule has 0 saturated heterocycles. The van der Waals surface area contributed by atoms with Gasteiger partial charge in [0.25, 0.3) is 0 Å². The molecule has 1 atom stereocenters. The van der Waals surface area contributed by atoms with Gasteiger partial charge in [-0.05, 0) is 17.2 Å². The van der Waals surface area contributed by atoms with Crippen molar-refractivity contribution in [2.24, 2.45) is 5.73 Å². The van der Waals surface area contributed by atoms with Gasteiger partial charge in [0.15, 0.2) is 0 Å². The average Bonchev–Trinajstić information content (AvgIpc) is 2.71. The van der Waals surface area contributed by atoms with Crippen molar-refractivity contribution >= 4 is 17.8 Å². The number of nitrogens with one attached hydrogen (secondary N) is 1. The first kappa shape index (κ1) is 24.6. The number of methoxy groups -OCH3 is 1. The van der Waals surface area contributed by atoms with Crippen LogP contribution >= 0.6 is 0 Å². The van der Waals surface area contributed by atoms with E-state index < -0.39 is 18.2 Å². The minimum Gasteiger partial charge on any atom is -0.475 e. The molecule has 4 N–H and O–H groups in total. The predicted molar refractivity (Wildman–Crippen MR) is 102 cm³/mol. The summed E-state index contributed by atoms with van der Waals surface area (Å²) in [7, 11) is 1.35. The Morgan fingerprint density at radius 2 is 1.73 bits per heavy atom. The van der Waals surface area contributed by atoms with Gasteiger partial charge in [0.05, 0.1) is 26.2 Å². The lowest BCUT2D eigenvalue weighted by atomic mass is 10.0. The number of alkyl halides is 3. The highest BCUT2D eigenvalue weighted by molar-refractivity contribution is 5.95. The van der Waals surface area contributed by atoms with Crippen LogP contribution in [0.3, 0.4) is 0 Å². The maximum Gasteiger partial charge on any atom is 0.490 e. The number of hydrogen-bond acceptors (Lipinski definition) is 5. The number of ether oxygens (including phenoxy) is 2. The number of esters is 1. The Bertz CT molecular complexity index is 857. The van der Waals surface area contributed by atoms with E-state index in [-0.39, 0.29) is 18.2 Å². The Balaban J connectivity index is 0.000000553. The van der Waals surface area contributed by atoms with E-state index in [0.29, 0.717) is 12.2 Å². The topological polar surface area (TPSA) is 123 Å². The maximum absolute atomic E-state index is 11.7. The highest BCUT2D eigenvalue weighted by atomic mass is 19.4. The first-order valence-corrected chi connectivity index (χ1v) is 8.51. The summed E-state index contributed by atoms with van der Waals surface area (Å²) in [5, 5.41) is 14.7. The van der Waals surface area contributed by atoms with Crippen molar-refractivity contribution in [1.29, 1.82) is 5.41 Å². The maximum atomic E-state index is 11.7. The predicted octanol–water partition coefficient (Wildman–Crippen LogP) is 3.42. The van der Waals surface area contributed by atoms with E-state index in [1.807, 2.05) is 36.4 Å². The van der Waals surface area contributed by atoms with E-state index in [4.69, 9.17) is 30.5 Å². The van der Waals surface area contributed by atoms with Crippen LogP contribution in [0.5, 0.6) is 0 Å². The van der Waals surface area contributed by atoms with Crippen LogP contribution in [0.1, 0.15) is 29.2 Å². The first-order valence-electron chi connectivity index (χ1n) is 8.51. The molecule has 0 aliphatic heterocycles. The highest BCUT2D eigenvalue weighted by Crippen LogP contribution is 2.24. The quantitative estimate of drug-likeness (QED) is 0.354. The molecule has 0 aliphatic carbocycles. The van der Waals surface area contributed by atoms with Crippen molar-refractivity contribution < 1.29 is 37.3 Å². The summed E-state index contributed by atoms with van der Waals surface area (Å²) in [6.07, 6.45) is -5.44. The summed E-state index contributed by atoms with van der Waals surface area (Å²) in [5.41, 5.74) is 7.93. The molecule has 7 nitrogen and oxygen atoms in total. The van der Waals surface area contributed by atoms with Crippen LogP contribution in [-0.4, -0.2) is 36.2 Å². The number of benzene rings is 2. The van der Waals surface area contributed by atoms with E-state index in [0.717, 1.165) is 11.1 Å². The summed E-state index contributed by atoms with van der Waals surface area (Å²) in [6, 6.07) is 16.9. The number of amidine groups is 1. The van der Waals surface area contributed by atoms with Gasteiger partial charge in [-0.25, -0.2) is 4.79 Å². The monoisotopic (exact) mass is 426 g/mol. The lowest BCUT2D eigenvalue weighted by Crippen LogP contribution is -2.21. The van der Waals surface area contributed by atoms with Gasteiger partial charge in [-0.15, -0.1) is 0 Å². The molecule has 0 aromatic heterocycles. The fourth-order valence-electron chi connectivity index (χ4n) is 2.19. The number of nitrogen functional groups attached to an aromatic ring is 1. The number of hydrogen-bond donors (Lipinski definition) is 3. The number of nitrogens with two attached hydrogens (primary N) is 1. The zero-order chi connectivity index (χ0) is 22.7. The molecule has 0 bridgehead atoms. The van der Waals surface area contributed by atoms with Crippen LogP contribution in [0.25, 0.3) is 0 Å². The Morgan fingerprint density at radius 3 is 2.23 bits per heavy atom. The fourth-order valence-corrected chi connectivity index (χ4v) is 2.19. The fraction of sp³-hybridized carbons (Fsp3) is 0.250. The van der Waals surface area contributed by atoms with Gasteiger partial charge in [0, 0.05) is 5.56 Å². The van der Waals surface area contributed by atoms with Crippen LogP contribution in [-0.2, 0) is 25.7 Å². The Hall–Kier alpha value is -3.40. The van der Waals surface area contributed by atoms with E-state index in [2.05, 4.69) is 0 Å². The largest absolute Gasteiger partial charge is 0.490 e. The molecule has 1 unspecified atom stereocenters. The molecule has 0 saturated carbocycles. The molecule has 2 rings (SSSR count). The normalized spacial score (nSPS) is 11.6. The van der Waals surface area contributed by atoms with Crippen LogP contribution in [0.15, 0.2) is 54.6 Å². The number of aliphatic carboxylic acids is 1. The summed E-state index contributed by atoms with van der Waals surface area (Å²) in [4.78, 5) is 20.6. The molecule has 2 aromatic rings. The van der Waals surface area contributed by atoms with E-state index in [9.17, 15) is 18.0 Å². The van der Waals surface area contributed by atoms with Crippen molar-refractivity contribution in [2.75, 3.05) is 7.11 Å². The van der Waals surface area contributed by atoms with Crippen LogP contribution in [0, 0.1) is 5.41 Å². The molecule has 0 heterocycles. The second-order valence-electron chi connectivity index (χ2n) is 5.91. The molecule has 0 fully saturated rings. The Kier molecular flexibility index (Phi) is 9.50. The molecule has 2 aromatic carbocycles. The number of carbonyl (C=O) groups is 2. The lowest BCUT2D eigenvalue weighted by Gasteiger charge is -2.18. The van der Waals surface area contributed by atoms with E-state index in [1.54, 1.807) is 18.2 Å². The zero-order valence-corrected chi connectivity index (χ0v) is 16.0. The van der Waals surface area contributed by atoms with Gasteiger partial charge in [-0.2, -0.15) is 13.2 Å². The van der Waals surface area contributed by atoms with Crippen molar-refractivity contribution in [3.63, 3.8) is 0 Å². The van der Waals surface area contributed by atoms with Gasteiger partial charge >= 0.3 is 18.1 Å². The number of halogens is 3. The summed E-state index contributed by atoms with van der Waals surface area (Å²) in [5.74, 6) is -3.13. The Morgan fingerprint density at radius 1 is 1.13 bits per heavy atom. The SMILES string of the molecule is COC(=O)CC(OCc1ccccc1)c1cccc(C(=N)N)c1.O=C(O)C(F)(F)F. The van der Waals surface area contributed by atoms with E-state index >= 15 is 0 Å². The molecule has 162 valence electrons. The minimum absolute atomic E-state index is 0.0215. The van der Waals surface area contributed by atoms with Crippen molar-refractivity contribution in [3.8, 4) is 0 Å². The summed E-state index contributed by atoms with van der Waals surface area (Å²) >= 11 is 0. The number of carboxylic acids is 1. The smallest absolute Gasteiger partial charge is 0.475 e. The van der Waals surface area contributed by atoms with Gasteiger partial charge in [0.2, 0.25) is 0 Å². The second kappa shape index (κ2) is 11.6. The highest BCUT2D eigenvalue weighted by Gasteiger charge is 2.38. The van der Waals surface area contributed by atoms with Crippen molar-refractivity contribution in [3.05, 3.63) is 71.3 Å². The standard InChI is InChI=1S/C18H20N2O3.C2HF3O2/c1-22-17(21)11-16(23-12-13-6-3-2-4-7-13)14-8-5-9-15(10-14)18(19)20;3-2(4,5)1(6)7/h2-10,16H,11-12H2,1H3,(H3,19,20);(H,6,7). The third kappa shape index (κ3) is 8.74. The molecule has 0 radical (unpaired) electrons. The van der Waals surface area contributed by atoms with Gasteiger partial charge in [-0.3, -0.25) is 10.2 Å². The van der Waals surface area contributed by atoms with Gasteiger partial charge < -0.3 is 20.3 Å². The third-order valence-electron chi connectivity index (χ3n) is 3.69. The number of carbonyl (C=O) groups excluding carboxylic acids is 1. The molecular formula is C20H21F3N2O5. The minimum atomic E-state index is -5.08. The van der Waals surface area contributed by atoms with Gasteiger partial charge in [0.1, 0.15) is 5.84 Å². The molecule has 30 heavy (non-hydrogen) atoms. The average molecular weight is 426 g/mol.